The van der Waals surface area contributed by atoms with E-state index < -0.39 is 0 Å². The van der Waals surface area contributed by atoms with Crippen LogP contribution in [0.5, 0.6) is 0 Å². The average molecular weight is 213 g/mol. The van der Waals surface area contributed by atoms with Crippen LogP contribution in [0.3, 0.4) is 0 Å². The van der Waals surface area contributed by atoms with Gasteiger partial charge in [0.25, 0.3) is 0 Å². The van der Waals surface area contributed by atoms with Crippen molar-refractivity contribution in [3.63, 3.8) is 0 Å². The van der Waals surface area contributed by atoms with Gasteiger partial charge in [0.1, 0.15) is 6.29 Å². The number of rotatable bonds is 4. The molecule has 2 aromatic rings. The first-order chi connectivity index (χ1) is 7.85. The molecule has 0 saturated heterocycles. The van der Waals surface area contributed by atoms with Crippen LogP contribution >= 0.6 is 0 Å². The summed E-state index contributed by atoms with van der Waals surface area (Å²) in [6.45, 7) is 0. The third-order valence-corrected chi connectivity index (χ3v) is 2.85. The molecule has 2 nitrogen and oxygen atoms in total. The van der Waals surface area contributed by atoms with E-state index in [-0.39, 0.29) is 6.04 Å². The number of likely N-dealkylation sites (N-methyl/N-ethyl adjacent to an activating group) is 1. The number of hydrogen-bond donors (Lipinski definition) is 1. The molecule has 0 unspecified atom stereocenters. The molecule has 0 aliphatic carbocycles. The lowest BCUT2D eigenvalue weighted by Gasteiger charge is -2.11. The van der Waals surface area contributed by atoms with Crippen LogP contribution in [0.15, 0.2) is 42.5 Å². The second-order valence-electron chi connectivity index (χ2n) is 3.87. The standard InChI is InChI=1S/C14H15NO/c1-15-13(10-16)9-12-7-4-6-11-5-2-3-8-14(11)12/h2-8,10,13,15H,9H2,1H3/t13-/m1/s1. The second kappa shape index (κ2) is 4.90. The first-order valence-electron chi connectivity index (χ1n) is 5.44. The fourth-order valence-electron chi connectivity index (χ4n) is 1.93. The van der Waals surface area contributed by atoms with Gasteiger partial charge in [0, 0.05) is 0 Å². The lowest BCUT2D eigenvalue weighted by molar-refractivity contribution is -0.109. The maximum atomic E-state index is 10.8. The van der Waals surface area contributed by atoms with Gasteiger partial charge in [-0.3, -0.25) is 0 Å². The molecule has 0 bridgehead atoms. The Morgan fingerprint density at radius 2 is 1.94 bits per heavy atom. The van der Waals surface area contributed by atoms with Gasteiger partial charge in [-0.2, -0.15) is 0 Å². The number of nitrogens with one attached hydrogen (secondary N) is 1. The van der Waals surface area contributed by atoms with Crippen molar-refractivity contribution >= 4 is 17.1 Å². The van der Waals surface area contributed by atoms with Crippen LogP contribution < -0.4 is 5.32 Å². The van der Waals surface area contributed by atoms with Crippen molar-refractivity contribution in [2.24, 2.45) is 0 Å². The predicted molar refractivity (Wildman–Crippen MR) is 66.6 cm³/mol. The van der Waals surface area contributed by atoms with Crippen molar-refractivity contribution in [3.05, 3.63) is 48.0 Å². The Bertz CT molecular complexity index is 488. The van der Waals surface area contributed by atoms with E-state index in [2.05, 4.69) is 29.6 Å². The molecule has 0 amide bonds. The Morgan fingerprint density at radius 3 is 2.69 bits per heavy atom. The van der Waals surface area contributed by atoms with Gasteiger partial charge in [-0.25, -0.2) is 0 Å². The zero-order valence-corrected chi connectivity index (χ0v) is 9.31. The lowest BCUT2D eigenvalue weighted by atomic mass is 9.99. The summed E-state index contributed by atoms with van der Waals surface area (Å²) < 4.78 is 0. The normalized spacial score (nSPS) is 12.6. The highest BCUT2D eigenvalue weighted by atomic mass is 16.1. The number of carbonyl (C=O) groups is 1. The number of aldehydes is 1. The van der Waals surface area contributed by atoms with Gasteiger partial charge in [-0.05, 0) is 29.8 Å². The van der Waals surface area contributed by atoms with Crippen molar-refractivity contribution < 1.29 is 4.79 Å². The summed E-state index contributed by atoms with van der Waals surface area (Å²) in [4.78, 5) is 10.8. The number of carbonyl (C=O) groups excluding carboxylic acids is 1. The number of benzene rings is 2. The maximum absolute atomic E-state index is 10.8. The first kappa shape index (κ1) is 10.8. The fraction of sp³-hybridized carbons (Fsp3) is 0.214. The van der Waals surface area contributed by atoms with Gasteiger partial charge in [-0.1, -0.05) is 42.5 Å². The Kier molecular flexibility index (Phi) is 3.32. The fourth-order valence-corrected chi connectivity index (χ4v) is 1.93. The van der Waals surface area contributed by atoms with Crippen LogP contribution in [-0.2, 0) is 11.2 Å². The Labute approximate surface area is 95.3 Å². The van der Waals surface area contributed by atoms with E-state index in [1.54, 1.807) is 0 Å². The third-order valence-electron chi connectivity index (χ3n) is 2.85. The summed E-state index contributed by atoms with van der Waals surface area (Å²) in [5.74, 6) is 0. The van der Waals surface area contributed by atoms with Crippen molar-refractivity contribution in [2.45, 2.75) is 12.5 Å². The summed E-state index contributed by atoms with van der Waals surface area (Å²) in [7, 11) is 1.81. The van der Waals surface area contributed by atoms with E-state index >= 15 is 0 Å². The van der Waals surface area contributed by atoms with Crippen molar-refractivity contribution in [2.75, 3.05) is 7.05 Å². The van der Waals surface area contributed by atoms with E-state index in [0.717, 1.165) is 12.7 Å². The molecule has 82 valence electrons. The van der Waals surface area contributed by atoms with Crippen LogP contribution in [0, 0.1) is 0 Å². The molecule has 0 aromatic heterocycles. The molecule has 2 heteroatoms. The molecule has 1 atom stereocenters. The predicted octanol–water partition coefficient (Wildman–Crippen LogP) is 2.17. The minimum Gasteiger partial charge on any atom is -0.311 e. The van der Waals surface area contributed by atoms with E-state index in [4.69, 9.17) is 0 Å². The molecular weight excluding hydrogens is 198 g/mol. The second-order valence-corrected chi connectivity index (χ2v) is 3.87. The summed E-state index contributed by atoms with van der Waals surface area (Å²) in [5.41, 5.74) is 1.21. The molecule has 0 aliphatic rings. The summed E-state index contributed by atoms with van der Waals surface area (Å²) >= 11 is 0. The molecule has 0 heterocycles. The van der Waals surface area contributed by atoms with Crippen LogP contribution in [0.1, 0.15) is 5.56 Å². The van der Waals surface area contributed by atoms with E-state index in [1.807, 2.05) is 25.2 Å². The largest absolute Gasteiger partial charge is 0.311 e. The molecular formula is C14H15NO. The van der Waals surface area contributed by atoms with Crippen molar-refractivity contribution in [1.29, 1.82) is 0 Å². The molecule has 2 rings (SSSR count). The minimum absolute atomic E-state index is 0.106. The molecule has 0 saturated carbocycles. The number of fused-ring (bicyclic) bond motifs is 1. The quantitative estimate of drug-likeness (QED) is 0.789. The van der Waals surface area contributed by atoms with Crippen LogP contribution in [-0.4, -0.2) is 19.4 Å². The van der Waals surface area contributed by atoms with Gasteiger partial charge in [0.05, 0.1) is 6.04 Å². The van der Waals surface area contributed by atoms with Gasteiger partial charge < -0.3 is 10.1 Å². The highest BCUT2D eigenvalue weighted by molar-refractivity contribution is 5.86. The molecule has 0 radical (unpaired) electrons. The van der Waals surface area contributed by atoms with Crippen molar-refractivity contribution in [3.8, 4) is 0 Å². The molecule has 0 fully saturated rings. The monoisotopic (exact) mass is 213 g/mol. The highest BCUT2D eigenvalue weighted by Crippen LogP contribution is 2.19. The SMILES string of the molecule is CN[C@@H](C=O)Cc1cccc2ccccc12. The maximum Gasteiger partial charge on any atom is 0.137 e. The van der Waals surface area contributed by atoms with E-state index in [9.17, 15) is 4.79 Å². The smallest absolute Gasteiger partial charge is 0.137 e. The van der Waals surface area contributed by atoms with Crippen molar-refractivity contribution in [1.82, 2.24) is 5.32 Å². The van der Waals surface area contributed by atoms with Crippen LogP contribution in [0.2, 0.25) is 0 Å². The Balaban J connectivity index is 2.40. The zero-order valence-electron chi connectivity index (χ0n) is 9.31. The molecule has 0 spiro atoms. The molecule has 16 heavy (non-hydrogen) atoms. The van der Waals surface area contributed by atoms with E-state index in [0.29, 0.717) is 0 Å². The first-order valence-corrected chi connectivity index (χ1v) is 5.44. The van der Waals surface area contributed by atoms with E-state index in [1.165, 1.54) is 16.3 Å². The number of hydrogen-bond acceptors (Lipinski definition) is 2. The Morgan fingerprint density at radius 1 is 1.19 bits per heavy atom. The lowest BCUT2D eigenvalue weighted by Crippen LogP contribution is -2.28. The summed E-state index contributed by atoms with van der Waals surface area (Å²) in [6, 6.07) is 14.4. The minimum atomic E-state index is -0.106. The molecule has 1 N–H and O–H groups in total. The Hall–Kier alpha value is -1.67. The van der Waals surface area contributed by atoms with Gasteiger partial charge in [0.15, 0.2) is 0 Å². The molecule has 0 aliphatic heterocycles. The van der Waals surface area contributed by atoms with Crippen LogP contribution in [0.25, 0.3) is 10.8 Å². The summed E-state index contributed by atoms with van der Waals surface area (Å²) in [5, 5.41) is 5.45. The van der Waals surface area contributed by atoms with Gasteiger partial charge in [-0.15, -0.1) is 0 Å². The zero-order chi connectivity index (χ0) is 11.4. The highest BCUT2D eigenvalue weighted by Gasteiger charge is 2.07. The summed E-state index contributed by atoms with van der Waals surface area (Å²) in [6.07, 6.45) is 1.70. The topological polar surface area (TPSA) is 29.1 Å². The third kappa shape index (κ3) is 2.12. The average Bonchev–Trinajstić information content (AvgIpc) is 2.36. The molecule has 2 aromatic carbocycles. The van der Waals surface area contributed by atoms with Gasteiger partial charge in [0.2, 0.25) is 0 Å². The van der Waals surface area contributed by atoms with Gasteiger partial charge >= 0.3 is 0 Å². The van der Waals surface area contributed by atoms with Crippen LogP contribution in [0.4, 0.5) is 0 Å².